The van der Waals surface area contributed by atoms with Crippen molar-refractivity contribution in [2.45, 2.75) is 25.7 Å². The first-order valence-corrected chi connectivity index (χ1v) is 12.4. The van der Waals surface area contributed by atoms with Gasteiger partial charge in [0.25, 0.3) is 0 Å². The molecule has 3 aromatic carbocycles. The van der Waals surface area contributed by atoms with Gasteiger partial charge in [-0.25, -0.2) is 4.98 Å². The lowest BCUT2D eigenvalue weighted by molar-refractivity contribution is 0.932. The maximum absolute atomic E-state index is 4.87. The number of hydrogen-bond donors (Lipinski definition) is 0. The molecule has 4 aliphatic rings. The fourth-order valence-electron chi connectivity index (χ4n) is 7.03. The highest BCUT2D eigenvalue weighted by Crippen LogP contribution is 2.54. The lowest BCUT2D eigenvalue weighted by Crippen LogP contribution is -2.26. The Labute approximate surface area is 203 Å². The number of hydrogen-bond acceptors (Lipinski definition) is 3. The van der Waals surface area contributed by atoms with Crippen LogP contribution in [0.3, 0.4) is 0 Å². The molecule has 164 valence electrons. The molecule has 2 aromatic heterocycles. The Morgan fingerprint density at radius 3 is 2.43 bits per heavy atom. The van der Waals surface area contributed by atoms with Crippen LogP contribution in [0.5, 0.6) is 0 Å². The molecule has 5 aromatic rings. The van der Waals surface area contributed by atoms with Crippen molar-refractivity contribution in [3.63, 3.8) is 0 Å². The third-order valence-corrected chi connectivity index (χ3v) is 8.47. The molecule has 0 atom stereocenters. The van der Waals surface area contributed by atoms with E-state index in [9.17, 15) is 0 Å². The molecule has 0 radical (unpaired) electrons. The van der Waals surface area contributed by atoms with Crippen LogP contribution in [0.4, 0.5) is 17.2 Å². The predicted molar refractivity (Wildman–Crippen MR) is 139 cm³/mol. The van der Waals surface area contributed by atoms with Gasteiger partial charge < -0.3 is 0 Å². The summed E-state index contributed by atoms with van der Waals surface area (Å²) < 4.78 is 0. The Hall–Kier alpha value is -4.24. The second-order valence-electron chi connectivity index (χ2n) is 10.2. The number of rotatable bonds is 0. The summed E-state index contributed by atoms with van der Waals surface area (Å²) in [5.41, 5.74) is 19.3. The summed E-state index contributed by atoms with van der Waals surface area (Å²) in [5.74, 6) is 1.06. The summed E-state index contributed by atoms with van der Waals surface area (Å²) in [6.45, 7) is 0. The molecule has 0 unspecified atom stereocenters. The molecule has 3 heteroatoms. The van der Waals surface area contributed by atoms with Crippen molar-refractivity contribution in [2.75, 3.05) is 4.90 Å². The third kappa shape index (κ3) is 2.21. The highest BCUT2D eigenvalue weighted by Gasteiger charge is 2.37. The smallest absolute Gasteiger partial charge is 0.141 e. The van der Waals surface area contributed by atoms with Crippen LogP contribution < -0.4 is 4.90 Å². The monoisotopic (exact) mass is 447 g/mol. The molecule has 0 fully saturated rings. The number of aromatic nitrogens is 2. The minimum Gasteiger partial charge on any atom is -0.292 e. The largest absolute Gasteiger partial charge is 0.292 e. The van der Waals surface area contributed by atoms with Gasteiger partial charge in [0.15, 0.2) is 0 Å². The van der Waals surface area contributed by atoms with Crippen LogP contribution in [0.15, 0.2) is 79.1 Å². The fourth-order valence-corrected chi connectivity index (χ4v) is 7.03. The van der Waals surface area contributed by atoms with E-state index in [1.54, 1.807) is 0 Å². The number of anilines is 3. The summed E-state index contributed by atoms with van der Waals surface area (Å²) in [4.78, 5) is 12.1. The zero-order valence-corrected chi connectivity index (χ0v) is 19.2. The molecule has 9 rings (SSSR count). The van der Waals surface area contributed by atoms with Crippen LogP contribution in [0, 0.1) is 0 Å². The van der Waals surface area contributed by atoms with Gasteiger partial charge in [-0.3, -0.25) is 9.88 Å². The van der Waals surface area contributed by atoms with Crippen LogP contribution >= 0.6 is 0 Å². The average Bonchev–Trinajstić information content (AvgIpc) is 3.47. The minimum atomic E-state index is 0.886. The summed E-state index contributed by atoms with van der Waals surface area (Å²) in [5, 5.41) is 0. The molecule has 4 heterocycles. The molecule has 2 aliphatic carbocycles. The van der Waals surface area contributed by atoms with Crippen molar-refractivity contribution < 1.29 is 0 Å². The number of pyridine rings is 2. The van der Waals surface area contributed by atoms with Crippen LogP contribution in [-0.4, -0.2) is 9.97 Å². The number of fused-ring (bicyclic) bond motifs is 12. The van der Waals surface area contributed by atoms with E-state index in [-0.39, 0.29) is 0 Å². The molecule has 2 aliphatic heterocycles. The minimum absolute atomic E-state index is 0.886. The Bertz CT molecular complexity index is 1760. The first-order chi connectivity index (χ1) is 17.3. The van der Waals surface area contributed by atoms with Gasteiger partial charge in [-0.1, -0.05) is 48.5 Å². The van der Waals surface area contributed by atoms with Crippen LogP contribution in [-0.2, 0) is 25.7 Å². The van der Waals surface area contributed by atoms with E-state index in [0.717, 1.165) is 31.5 Å². The molecule has 0 bridgehead atoms. The van der Waals surface area contributed by atoms with E-state index < -0.39 is 0 Å². The van der Waals surface area contributed by atoms with Gasteiger partial charge in [0.2, 0.25) is 0 Å². The van der Waals surface area contributed by atoms with Gasteiger partial charge in [-0.15, -0.1) is 0 Å². The van der Waals surface area contributed by atoms with Gasteiger partial charge in [0.05, 0.1) is 17.1 Å². The first-order valence-electron chi connectivity index (χ1n) is 12.4. The maximum atomic E-state index is 4.87. The van der Waals surface area contributed by atoms with E-state index in [0.29, 0.717) is 0 Å². The summed E-state index contributed by atoms with van der Waals surface area (Å²) >= 11 is 0. The van der Waals surface area contributed by atoms with Gasteiger partial charge in [-0.05, 0) is 92.2 Å². The molecule has 0 saturated heterocycles. The lowest BCUT2D eigenvalue weighted by Gasteiger charge is -2.38. The second-order valence-corrected chi connectivity index (χ2v) is 10.2. The van der Waals surface area contributed by atoms with Crippen LogP contribution in [0.25, 0.3) is 22.3 Å². The van der Waals surface area contributed by atoms with Crippen molar-refractivity contribution in [3.05, 3.63) is 124 Å². The molecule has 0 spiro atoms. The van der Waals surface area contributed by atoms with Crippen molar-refractivity contribution in [2.24, 2.45) is 0 Å². The molecular formula is C32H21N3. The molecule has 35 heavy (non-hydrogen) atoms. The van der Waals surface area contributed by atoms with Crippen LogP contribution in [0.2, 0.25) is 0 Å². The van der Waals surface area contributed by atoms with E-state index in [1.165, 1.54) is 78.3 Å². The first kappa shape index (κ1) is 18.1. The van der Waals surface area contributed by atoms with Gasteiger partial charge in [-0.2, -0.15) is 0 Å². The fraction of sp³-hybridized carbons (Fsp3) is 0.125. The summed E-state index contributed by atoms with van der Waals surface area (Å²) in [6, 6.07) is 24.8. The van der Waals surface area contributed by atoms with Crippen molar-refractivity contribution in [1.82, 2.24) is 9.97 Å². The summed E-state index contributed by atoms with van der Waals surface area (Å²) in [7, 11) is 0. The molecule has 0 saturated carbocycles. The summed E-state index contributed by atoms with van der Waals surface area (Å²) in [6.07, 6.45) is 7.73. The predicted octanol–water partition coefficient (Wildman–Crippen LogP) is 6.90. The van der Waals surface area contributed by atoms with Crippen molar-refractivity contribution in [1.29, 1.82) is 0 Å². The van der Waals surface area contributed by atoms with Gasteiger partial charge in [0, 0.05) is 25.2 Å². The van der Waals surface area contributed by atoms with Crippen LogP contribution in [0.1, 0.15) is 44.6 Å². The van der Waals surface area contributed by atoms with Gasteiger partial charge in [0.1, 0.15) is 5.82 Å². The Morgan fingerprint density at radius 2 is 1.43 bits per heavy atom. The molecule has 0 amide bonds. The highest BCUT2D eigenvalue weighted by molar-refractivity contribution is 5.94. The Kier molecular flexibility index (Phi) is 3.24. The molecule has 3 nitrogen and oxygen atoms in total. The standard InChI is InChI=1S/C32H21N3/c1-2-6-22-18(4-1)15-27-23(22)8-7-19-16-25-24(30(19)27)9-10-29-26(25)17-28-31-20(11-13-33-28)14-21-5-3-12-34-32(21)35(29)31/h1-13H,14-17H2. The van der Waals surface area contributed by atoms with E-state index in [1.807, 2.05) is 12.4 Å². The van der Waals surface area contributed by atoms with Gasteiger partial charge >= 0.3 is 0 Å². The normalized spacial score (nSPS) is 14.9. The Morgan fingerprint density at radius 1 is 0.543 bits per heavy atom. The Balaban J connectivity index is 1.28. The zero-order valence-electron chi connectivity index (χ0n) is 19.2. The molecular weight excluding hydrogens is 426 g/mol. The van der Waals surface area contributed by atoms with E-state index in [2.05, 4.69) is 71.6 Å². The van der Waals surface area contributed by atoms with Crippen molar-refractivity contribution >= 4 is 17.2 Å². The number of nitrogens with zero attached hydrogens (tertiary/aromatic N) is 3. The molecule has 0 N–H and O–H groups in total. The van der Waals surface area contributed by atoms with E-state index in [4.69, 9.17) is 9.97 Å². The SMILES string of the molecule is c1ccc2c(c1)Cc1c-2ccc2c1-c1ccc3c(c1C2)Cc1nccc2c1N3c1ncccc1C2. The number of benzene rings is 3. The van der Waals surface area contributed by atoms with E-state index >= 15 is 0 Å². The average molecular weight is 448 g/mol. The van der Waals surface area contributed by atoms with Crippen molar-refractivity contribution in [3.8, 4) is 22.3 Å². The third-order valence-electron chi connectivity index (χ3n) is 8.47. The zero-order chi connectivity index (χ0) is 22.7. The topological polar surface area (TPSA) is 29.0 Å². The maximum Gasteiger partial charge on any atom is 0.141 e. The lowest BCUT2D eigenvalue weighted by atomic mass is 9.87. The quantitative estimate of drug-likeness (QED) is 0.253. The highest BCUT2D eigenvalue weighted by atomic mass is 15.2. The second kappa shape index (κ2) is 6.25.